The van der Waals surface area contributed by atoms with E-state index in [2.05, 4.69) is 0 Å². The molecule has 5 atom stereocenters. The molecule has 19 heavy (non-hydrogen) atoms. The third-order valence-electron chi connectivity index (χ3n) is 5.87. The fourth-order valence-electron chi connectivity index (χ4n) is 4.70. The maximum Gasteiger partial charge on any atom is 0.164 e. The lowest BCUT2D eigenvalue weighted by Crippen LogP contribution is -2.62. The highest BCUT2D eigenvalue weighted by Crippen LogP contribution is 2.65. The molecule has 1 unspecified atom stereocenters. The summed E-state index contributed by atoms with van der Waals surface area (Å²) in [6.07, 6.45) is 1.85. The van der Waals surface area contributed by atoms with Crippen LogP contribution in [-0.2, 0) is 4.79 Å². The maximum absolute atomic E-state index is 12.5. The van der Waals surface area contributed by atoms with E-state index in [1.165, 1.54) is 6.08 Å². The van der Waals surface area contributed by atoms with Crippen LogP contribution in [0.4, 0.5) is 0 Å². The van der Waals surface area contributed by atoms with Crippen molar-refractivity contribution in [1.29, 1.82) is 0 Å². The molecule has 0 spiro atoms. The predicted molar refractivity (Wildman–Crippen MR) is 69.2 cm³/mol. The second-order valence-electron chi connectivity index (χ2n) is 7.40. The Morgan fingerprint density at radius 2 is 1.95 bits per heavy atom. The van der Waals surface area contributed by atoms with Crippen molar-refractivity contribution in [1.82, 2.24) is 0 Å². The normalized spacial score (nSPS) is 51.2. The lowest BCUT2D eigenvalue weighted by atomic mass is 9.51. The van der Waals surface area contributed by atoms with Crippen molar-refractivity contribution >= 4 is 5.78 Å². The molecule has 4 heteroatoms. The summed E-state index contributed by atoms with van der Waals surface area (Å²) in [7, 11) is 0. The summed E-state index contributed by atoms with van der Waals surface area (Å²) in [4.78, 5) is 12.5. The molecule has 3 aliphatic rings. The molecule has 0 aliphatic heterocycles. The molecular formula is C15H22O4. The van der Waals surface area contributed by atoms with Crippen molar-refractivity contribution in [2.45, 2.75) is 45.3 Å². The first-order chi connectivity index (χ1) is 8.68. The van der Waals surface area contributed by atoms with Crippen LogP contribution < -0.4 is 0 Å². The summed E-state index contributed by atoms with van der Waals surface area (Å²) in [5.74, 6) is -0.451. The van der Waals surface area contributed by atoms with Crippen molar-refractivity contribution in [3.8, 4) is 0 Å². The molecule has 2 saturated carbocycles. The van der Waals surface area contributed by atoms with Gasteiger partial charge in [0.1, 0.15) is 0 Å². The van der Waals surface area contributed by atoms with Gasteiger partial charge in [0.15, 0.2) is 5.78 Å². The number of ketones is 1. The first-order valence-corrected chi connectivity index (χ1v) is 6.95. The number of hydrogen-bond acceptors (Lipinski definition) is 4. The molecule has 0 aromatic carbocycles. The monoisotopic (exact) mass is 266 g/mol. The lowest BCUT2D eigenvalue weighted by molar-refractivity contribution is -0.154. The first-order valence-electron chi connectivity index (χ1n) is 6.95. The van der Waals surface area contributed by atoms with Gasteiger partial charge in [0.2, 0.25) is 0 Å². The number of aliphatic hydroxyl groups excluding tert-OH is 2. The van der Waals surface area contributed by atoms with E-state index in [-0.39, 0.29) is 29.6 Å². The van der Waals surface area contributed by atoms with Crippen LogP contribution >= 0.6 is 0 Å². The number of aliphatic hydroxyl groups is 3. The highest BCUT2D eigenvalue weighted by atomic mass is 16.3. The zero-order valence-corrected chi connectivity index (χ0v) is 11.7. The van der Waals surface area contributed by atoms with E-state index in [0.717, 1.165) is 0 Å². The van der Waals surface area contributed by atoms with Crippen LogP contribution in [0.25, 0.3) is 0 Å². The van der Waals surface area contributed by atoms with Crippen LogP contribution in [0.2, 0.25) is 0 Å². The minimum absolute atomic E-state index is 0.0309. The Labute approximate surface area is 113 Å². The summed E-state index contributed by atoms with van der Waals surface area (Å²) in [5.41, 5.74) is -1.61. The van der Waals surface area contributed by atoms with Crippen molar-refractivity contribution in [2.24, 2.45) is 22.7 Å². The first kappa shape index (κ1) is 13.3. The third-order valence-corrected chi connectivity index (χ3v) is 5.87. The fraction of sp³-hybridized carbons (Fsp3) is 0.800. The number of fused-ring (bicyclic) bond motifs is 3. The Hall–Kier alpha value is -0.710. The minimum atomic E-state index is -1.01. The predicted octanol–water partition coefficient (Wildman–Crippen LogP) is 0.652. The van der Waals surface area contributed by atoms with Gasteiger partial charge in [0.05, 0.1) is 17.1 Å². The second-order valence-corrected chi connectivity index (χ2v) is 7.40. The molecule has 2 fully saturated rings. The van der Waals surface area contributed by atoms with Crippen LogP contribution in [0.15, 0.2) is 11.6 Å². The molecule has 0 amide bonds. The number of hydrogen-bond donors (Lipinski definition) is 3. The van der Waals surface area contributed by atoms with Gasteiger partial charge in [-0.3, -0.25) is 4.79 Å². The standard InChI is InChI=1S/C15H22O4/c1-13(2)6-10-14(3,12(13)18)11(17)4-9-8(7-16)5-15(9,10)19/h4,8,10,12,16,18-19H,5-7H2,1-3H3/t8?,10-,12-,14+,15+/m1/s1. The summed E-state index contributed by atoms with van der Waals surface area (Å²) in [6.45, 7) is 5.63. The smallest absolute Gasteiger partial charge is 0.164 e. The maximum atomic E-state index is 12.5. The van der Waals surface area contributed by atoms with Gasteiger partial charge in [-0.05, 0) is 36.8 Å². The van der Waals surface area contributed by atoms with E-state index in [1.807, 2.05) is 13.8 Å². The molecule has 0 aromatic rings. The van der Waals surface area contributed by atoms with Gasteiger partial charge in [-0.2, -0.15) is 0 Å². The van der Waals surface area contributed by atoms with Crippen LogP contribution in [0.3, 0.4) is 0 Å². The van der Waals surface area contributed by atoms with Gasteiger partial charge >= 0.3 is 0 Å². The lowest BCUT2D eigenvalue weighted by Gasteiger charge is -2.56. The van der Waals surface area contributed by atoms with E-state index in [1.54, 1.807) is 6.92 Å². The van der Waals surface area contributed by atoms with Crippen molar-refractivity contribution in [2.75, 3.05) is 6.61 Å². The van der Waals surface area contributed by atoms with E-state index in [0.29, 0.717) is 18.4 Å². The van der Waals surface area contributed by atoms with Crippen molar-refractivity contribution in [3.63, 3.8) is 0 Å². The number of carbonyl (C=O) groups is 1. The highest BCUT2D eigenvalue weighted by molar-refractivity contribution is 5.98. The average molecular weight is 266 g/mol. The molecular weight excluding hydrogens is 244 g/mol. The van der Waals surface area contributed by atoms with Gasteiger partial charge in [-0.15, -0.1) is 0 Å². The van der Waals surface area contributed by atoms with Crippen LogP contribution in [0, 0.1) is 22.7 Å². The highest BCUT2D eigenvalue weighted by Gasteiger charge is 2.70. The van der Waals surface area contributed by atoms with E-state index < -0.39 is 17.1 Å². The average Bonchev–Trinajstić information content (AvgIpc) is 2.53. The SMILES string of the molecule is CC1(C)C[C@@H]2[C@@](C)(C(=O)C=C3C(CO)C[C@]32O)[C@@H]1O. The van der Waals surface area contributed by atoms with Crippen LogP contribution in [-0.4, -0.2) is 39.4 Å². The Morgan fingerprint density at radius 1 is 1.32 bits per heavy atom. The Morgan fingerprint density at radius 3 is 2.53 bits per heavy atom. The molecule has 106 valence electrons. The van der Waals surface area contributed by atoms with Crippen LogP contribution in [0.5, 0.6) is 0 Å². The van der Waals surface area contributed by atoms with Crippen molar-refractivity contribution in [3.05, 3.63) is 11.6 Å². The van der Waals surface area contributed by atoms with Gasteiger partial charge in [-0.25, -0.2) is 0 Å². The molecule has 0 saturated heterocycles. The Balaban J connectivity index is 2.10. The topological polar surface area (TPSA) is 77.8 Å². The zero-order chi connectivity index (χ0) is 14.2. The van der Waals surface area contributed by atoms with E-state index in [4.69, 9.17) is 0 Å². The second kappa shape index (κ2) is 3.48. The summed E-state index contributed by atoms with van der Waals surface area (Å²) >= 11 is 0. The van der Waals surface area contributed by atoms with E-state index >= 15 is 0 Å². The number of allylic oxidation sites excluding steroid dienone is 1. The van der Waals surface area contributed by atoms with Crippen molar-refractivity contribution < 1.29 is 20.1 Å². The van der Waals surface area contributed by atoms with Gasteiger partial charge in [-0.1, -0.05) is 13.8 Å². The molecule has 3 N–H and O–H groups in total. The largest absolute Gasteiger partial charge is 0.396 e. The van der Waals surface area contributed by atoms with E-state index in [9.17, 15) is 20.1 Å². The minimum Gasteiger partial charge on any atom is -0.396 e. The fourth-order valence-corrected chi connectivity index (χ4v) is 4.70. The van der Waals surface area contributed by atoms with Gasteiger partial charge in [0.25, 0.3) is 0 Å². The molecule has 0 radical (unpaired) electrons. The Kier molecular flexibility index (Phi) is 2.44. The molecule has 4 nitrogen and oxygen atoms in total. The molecule has 3 aliphatic carbocycles. The quantitative estimate of drug-likeness (QED) is 0.651. The summed E-state index contributed by atoms with van der Waals surface area (Å²) < 4.78 is 0. The molecule has 0 heterocycles. The molecule has 0 aromatic heterocycles. The van der Waals surface area contributed by atoms with Gasteiger partial charge in [0, 0.05) is 18.4 Å². The summed E-state index contributed by atoms with van der Waals surface area (Å²) in [6, 6.07) is 0. The molecule has 3 rings (SSSR count). The molecule has 0 bridgehead atoms. The zero-order valence-electron chi connectivity index (χ0n) is 11.7. The van der Waals surface area contributed by atoms with Crippen LogP contribution in [0.1, 0.15) is 33.6 Å². The van der Waals surface area contributed by atoms with Gasteiger partial charge < -0.3 is 15.3 Å². The summed E-state index contributed by atoms with van der Waals surface area (Å²) in [5, 5.41) is 30.7. The number of rotatable bonds is 1. The Bertz CT molecular complexity index is 481. The number of carbonyl (C=O) groups excluding carboxylic acids is 1. The third kappa shape index (κ3) is 1.32.